The number of fused-ring (bicyclic) bond motifs is 1. The van der Waals surface area contributed by atoms with Gasteiger partial charge in [-0.1, -0.05) is 6.07 Å². The number of ketones is 1. The second-order valence-corrected chi connectivity index (χ2v) is 4.95. The van der Waals surface area contributed by atoms with E-state index in [4.69, 9.17) is 16.3 Å². The molecule has 4 nitrogen and oxygen atoms in total. The van der Waals surface area contributed by atoms with Crippen LogP contribution in [0.4, 0.5) is 0 Å². The molecule has 1 atom stereocenters. The molecule has 0 bridgehead atoms. The highest BCUT2D eigenvalue weighted by molar-refractivity contribution is 6.30. The van der Waals surface area contributed by atoms with E-state index < -0.39 is 0 Å². The van der Waals surface area contributed by atoms with Crippen molar-refractivity contribution >= 4 is 23.3 Å². The number of halogens is 1. The molecule has 0 saturated heterocycles. The predicted molar refractivity (Wildman–Crippen MR) is 72.9 cm³/mol. The fourth-order valence-corrected chi connectivity index (χ4v) is 2.47. The Morgan fingerprint density at radius 2 is 2.21 bits per heavy atom. The predicted octanol–water partition coefficient (Wildman–Crippen LogP) is 2.38. The lowest BCUT2D eigenvalue weighted by Gasteiger charge is -2.28. The minimum Gasteiger partial charge on any atom is -0.492 e. The molecule has 1 amide bonds. The Morgan fingerprint density at radius 1 is 1.47 bits per heavy atom. The maximum atomic E-state index is 11.9. The average Bonchev–Trinajstić information content (AvgIpc) is 2.37. The fraction of sp³-hybridized carbons (Fsp3) is 0.429. The Labute approximate surface area is 117 Å². The zero-order valence-corrected chi connectivity index (χ0v) is 11.7. The van der Waals surface area contributed by atoms with Crippen molar-refractivity contribution < 1.29 is 14.3 Å². The molecule has 1 aromatic rings. The summed E-state index contributed by atoms with van der Waals surface area (Å²) in [7, 11) is 0. The van der Waals surface area contributed by atoms with Crippen molar-refractivity contribution in [3.63, 3.8) is 0 Å². The van der Waals surface area contributed by atoms with Crippen LogP contribution in [0.3, 0.4) is 0 Å². The Morgan fingerprint density at radius 3 is 2.84 bits per heavy atom. The van der Waals surface area contributed by atoms with E-state index in [1.807, 2.05) is 13.0 Å². The van der Waals surface area contributed by atoms with Gasteiger partial charge >= 0.3 is 0 Å². The van der Waals surface area contributed by atoms with E-state index >= 15 is 0 Å². The van der Waals surface area contributed by atoms with Crippen molar-refractivity contribution in [3.8, 4) is 5.75 Å². The molecule has 19 heavy (non-hydrogen) atoms. The van der Waals surface area contributed by atoms with Crippen LogP contribution >= 0.6 is 11.6 Å². The van der Waals surface area contributed by atoms with Crippen LogP contribution in [0.15, 0.2) is 12.1 Å². The molecule has 1 N–H and O–H groups in total. The van der Waals surface area contributed by atoms with Crippen molar-refractivity contribution in [3.05, 3.63) is 28.8 Å². The SMILES string of the molecule is CC(=O)N[C@@H]1CCOc2c(C(=O)CCl)cc(C)cc21. The maximum Gasteiger partial charge on any atom is 0.217 e. The summed E-state index contributed by atoms with van der Waals surface area (Å²) >= 11 is 5.63. The van der Waals surface area contributed by atoms with E-state index in [9.17, 15) is 9.59 Å². The summed E-state index contributed by atoms with van der Waals surface area (Å²) in [5.74, 6) is 0.222. The number of nitrogens with one attached hydrogen (secondary N) is 1. The monoisotopic (exact) mass is 281 g/mol. The van der Waals surface area contributed by atoms with E-state index in [0.29, 0.717) is 24.3 Å². The number of ether oxygens (including phenoxy) is 1. The lowest BCUT2D eigenvalue weighted by Crippen LogP contribution is -2.31. The van der Waals surface area contributed by atoms with E-state index in [2.05, 4.69) is 5.32 Å². The lowest BCUT2D eigenvalue weighted by atomic mass is 9.94. The van der Waals surface area contributed by atoms with Gasteiger partial charge in [-0.2, -0.15) is 0 Å². The van der Waals surface area contributed by atoms with E-state index in [1.165, 1.54) is 6.92 Å². The summed E-state index contributed by atoms with van der Waals surface area (Å²) in [6, 6.07) is 3.61. The van der Waals surface area contributed by atoms with Crippen LogP contribution in [-0.4, -0.2) is 24.2 Å². The molecule has 1 heterocycles. The van der Waals surface area contributed by atoms with Gasteiger partial charge in [0.05, 0.1) is 24.1 Å². The van der Waals surface area contributed by atoms with Gasteiger partial charge in [0.15, 0.2) is 5.78 Å². The maximum absolute atomic E-state index is 11.9. The highest BCUT2D eigenvalue weighted by Gasteiger charge is 2.26. The highest BCUT2D eigenvalue weighted by Crippen LogP contribution is 2.36. The topological polar surface area (TPSA) is 55.4 Å². The van der Waals surface area contributed by atoms with Crippen LogP contribution in [0.25, 0.3) is 0 Å². The molecule has 0 saturated carbocycles. The number of hydrogen-bond donors (Lipinski definition) is 1. The minimum atomic E-state index is -0.162. The van der Waals surface area contributed by atoms with Crippen molar-refractivity contribution in [1.82, 2.24) is 5.32 Å². The number of alkyl halides is 1. The molecule has 0 fully saturated rings. The molecule has 1 aromatic carbocycles. The third-order valence-electron chi connectivity index (χ3n) is 3.09. The highest BCUT2D eigenvalue weighted by atomic mass is 35.5. The normalized spacial score (nSPS) is 17.3. The molecule has 0 aromatic heterocycles. The third-order valence-corrected chi connectivity index (χ3v) is 3.33. The molecule has 1 aliphatic heterocycles. The van der Waals surface area contributed by atoms with Crippen LogP contribution in [0.2, 0.25) is 0 Å². The smallest absolute Gasteiger partial charge is 0.217 e. The van der Waals surface area contributed by atoms with Gasteiger partial charge < -0.3 is 10.1 Å². The van der Waals surface area contributed by atoms with Gasteiger partial charge in [0.2, 0.25) is 5.91 Å². The number of carbonyl (C=O) groups excluding carboxylic acids is 2. The van der Waals surface area contributed by atoms with Gasteiger partial charge in [-0.3, -0.25) is 9.59 Å². The average molecular weight is 282 g/mol. The van der Waals surface area contributed by atoms with Crippen molar-refractivity contribution in [1.29, 1.82) is 0 Å². The third kappa shape index (κ3) is 2.89. The molecule has 0 unspecified atom stereocenters. The molecule has 102 valence electrons. The van der Waals surface area contributed by atoms with Gasteiger partial charge in [0, 0.05) is 18.9 Å². The van der Waals surface area contributed by atoms with Crippen molar-refractivity contribution in [2.24, 2.45) is 0 Å². The number of hydrogen-bond acceptors (Lipinski definition) is 3. The molecule has 0 radical (unpaired) electrons. The first-order valence-corrected chi connectivity index (χ1v) is 6.70. The minimum absolute atomic E-state index is 0.0793. The lowest BCUT2D eigenvalue weighted by molar-refractivity contribution is -0.119. The van der Waals surface area contributed by atoms with Crippen molar-refractivity contribution in [2.75, 3.05) is 12.5 Å². The number of benzene rings is 1. The largest absolute Gasteiger partial charge is 0.492 e. The van der Waals surface area contributed by atoms with Gasteiger partial charge in [-0.05, 0) is 18.6 Å². The summed E-state index contributed by atoms with van der Waals surface area (Å²) in [6.07, 6.45) is 0.699. The standard InChI is InChI=1S/C14H16ClNO3/c1-8-5-10-12(16-9(2)17)3-4-19-14(10)11(6-8)13(18)7-15/h5-6,12H,3-4,7H2,1-2H3,(H,16,17)/t12-/m1/s1. The Balaban J connectivity index is 2.49. The molecule has 2 rings (SSSR count). The van der Waals surface area contributed by atoms with Gasteiger partial charge in [-0.15, -0.1) is 11.6 Å². The zero-order valence-electron chi connectivity index (χ0n) is 11.0. The number of carbonyl (C=O) groups is 2. The summed E-state index contributed by atoms with van der Waals surface area (Å²) in [6.45, 7) is 3.87. The van der Waals surface area contributed by atoms with Gasteiger partial charge in [-0.25, -0.2) is 0 Å². The Hall–Kier alpha value is -1.55. The number of rotatable bonds is 3. The molecule has 0 aliphatic carbocycles. The number of aryl methyl sites for hydroxylation is 1. The van der Waals surface area contributed by atoms with Crippen LogP contribution in [0.1, 0.15) is 40.9 Å². The Bertz CT molecular complexity index is 528. The van der Waals surface area contributed by atoms with E-state index in [-0.39, 0.29) is 23.6 Å². The van der Waals surface area contributed by atoms with Gasteiger partial charge in [0.25, 0.3) is 0 Å². The van der Waals surface area contributed by atoms with Crippen LogP contribution < -0.4 is 10.1 Å². The summed E-state index contributed by atoms with van der Waals surface area (Å²) < 4.78 is 5.61. The summed E-state index contributed by atoms with van der Waals surface area (Å²) in [4.78, 5) is 23.1. The van der Waals surface area contributed by atoms with E-state index in [0.717, 1.165) is 11.1 Å². The van der Waals surface area contributed by atoms with Crippen LogP contribution in [0.5, 0.6) is 5.75 Å². The molecule has 0 spiro atoms. The first-order chi connectivity index (χ1) is 9.02. The second-order valence-electron chi connectivity index (χ2n) is 4.68. The quantitative estimate of drug-likeness (QED) is 0.684. The molecular weight excluding hydrogens is 266 g/mol. The number of amides is 1. The van der Waals surface area contributed by atoms with Crippen LogP contribution in [0, 0.1) is 6.92 Å². The summed E-state index contributed by atoms with van der Waals surface area (Å²) in [5, 5.41) is 2.89. The molecular formula is C14H16ClNO3. The second kappa shape index (κ2) is 5.61. The van der Waals surface area contributed by atoms with Gasteiger partial charge in [0.1, 0.15) is 5.75 Å². The van der Waals surface area contributed by atoms with Crippen LogP contribution in [-0.2, 0) is 4.79 Å². The van der Waals surface area contributed by atoms with E-state index in [1.54, 1.807) is 6.07 Å². The fourth-order valence-electron chi connectivity index (χ4n) is 2.33. The Kier molecular flexibility index (Phi) is 4.10. The zero-order chi connectivity index (χ0) is 14.0. The molecule has 1 aliphatic rings. The first-order valence-electron chi connectivity index (χ1n) is 6.16. The number of Topliss-reactive ketones (excluding diaryl/α,β-unsaturated/α-hetero) is 1. The summed E-state index contributed by atoms with van der Waals surface area (Å²) in [5.41, 5.74) is 2.31. The molecule has 5 heteroatoms. The van der Waals surface area contributed by atoms with Crippen molar-refractivity contribution in [2.45, 2.75) is 26.3 Å². The first kappa shape index (κ1) is 13.9.